The first-order chi connectivity index (χ1) is 22.4. The van der Waals surface area contributed by atoms with E-state index in [9.17, 15) is 24.3 Å². The second-order valence-corrected chi connectivity index (χ2v) is 14.1. The van der Waals surface area contributed by atoms with E-state index in [1.165, 1.54) is 24.3 Å². The van der Waals surface area contributed by atoms with E-state index < -0.39 is 58.7 Å². The number of ether oxygens (including phenoxy) is 2. The van der Waals surface area contributed by atoms with Crippen molar-refractivity contribution < 1.29 is 38.1 Å². The van der Waals surface area contributed by atoms with E-state index in [0.29, 0.717) is 36.9 Å². The molecule has 0 aromatic heterocycles. The number of halogens is 1. The van der Waals surface area contributed by atoms with Gasteiger partial charge in [0, 0.05) is 23.4 Å². The molecule has 1 spiro atoms. The van der Waals surface area contributed by atoms with Gasteiger partial charge in [-0.3, -0.25) is 14.4 Å². The van der Waals surface area contributed by atoms with Gasteiger partial charge in [-0.25, -0.2) is 9.18 Å². The Morgan fingerprint density at radius 1 is 1.13 bits per heavy atom. The van der Waals surface area contributed by atoms with Gasteiger partial charge in [-0.05, 0) is 86.4 Å². The summed E-state index contributed by atoms with van der Waals surface area (Å²) in [6.07, 6.45) is 4.89. The third kappa shape index (κ3) is 4.59. The highest BCUT2D eigenvalue weighted by Crippen LogP contribution is 2.76. The lowest BCUT2D eigenvalue weighted by Gasteiger charge is -2.59. The standard InChI is InChI=1S/C37H39FN2O7/c1-21-16-28-27-13-10-24-18-26(41)14-15-34(24,2)36(27,38)30(42)19-35(28)37(21,47-35)31(43)20-46-33(45)23-8-11-25(12-9-23)40-32(44)29(39)17-22-6-4-3-5-7-22/h3-9,11-12,14-15,18,21,27-30,42H,10,13,16-17,19-20,39H2,1-2H3,(H,40,44)/t21-,27+,28+,29+,30+,34+,35-,36+,37+/m1/s1. The zero-order valence-electron chi connectivity index (χ0n) is 26.4. The number of fused-ring (bicyclic) bond motifs is 4. The predicted octanol–water partition coefficient (Wildman–Crippen LogP) is 4.04. The summed E-state index contributed by atoms with van der Waals surface area (Å²) in [5, 5.41) is 14.2. The van der Waals surface area contributed by atoms with Crippen LogP contribution in [-0.2, 0) is 30.3 Å². The number of aliphatic hydroxyl groups is 1. The number of hydrogen-bond donors (Lipinski definition) is 3. The van der Waals surface area contributed by atoms with Crippen LogP contribution in [0.4, 0.5) is 10.1 Å². The largest absolute Gasteiger partial charge is 0.454 e. The van der Waals surface area contributed by atoms with Gasteiger partial charge in [0.15, 0.2) is 23.7 Å². The van der Waals surface area contributed by atoms with Gasteiger partial charge < -0.3 is 25.6 Å². The van der Waals surface area contributed by atoms with Gasteiger partial charge in [0.05, 0.1) is 17.7 Å². The van der Waals surface area contributed by atoms with E-state index in [1.807, 2.05) is 37.3 Å². The molecular formula is C37H39FN2O7. The van der Waals surface area contributed by atoms with E-state index >= 15 is 4.39 Å². The Kier molecular flexibility index (Phi) is 7.42. The fourth-order valence-electron chi connectivity index (χ4n) is 9.34. The monoisotopic (exact) mass is 642 g/mol. The van der Waals surface area contributed by atoms with Gasteiger partial charge in [-0.1, -0.05) is 48.9 Å². The lowest BCUT2D eigenvalue weighted by Crippen LogP contribution is -2.66. The molecule has 3 saturated carbocycles. The number of carbonyl (C=O) groups is 4. The topological polar surface area (TPSA) is 148 Å². The highest BCUT2D eigenvalue weighted by atomic mass is 19.1. The number of nitrogens with two attached hydrogens (primary N) is 1. The van der Waals surface area contributed by atoms with E-state index in [1.54, 1.807) is 25.1 Å². The second kappa shape index (κ2) is 11.0. The molecule has 1 amide bonds. The summed E-state index contributed by atoms with van der Waals surface area (Å²) in [6.45, 7) is 3.12. The van der Waals surface area contributed by atoms with Crippen molar-refractivity contribution in [2.45, 2.75) is 75.0 Å². The Balaban J connectivity index is 0.993. The van der Waals surface area contributed by atoms with Crippen LogP contribution in [0.5, 0.6) is 0 Å². The quantitative estimate of drug-likeness (QED) is 0.289. The molecular weight excluding hydrogens is 603 g/mol. The molecule has 47 heavy (non-hydrogen) atoms. The van der Waals surface area contributed by atoms with Crippen LogP contribution in [0.25, 0.3) is 0 Å². The molecule has 4 fully saturated rings. The smallest absolute Gasteiger partial charge is 0.338 e. The molecule has 1 heterocycles. The van der Waals surface area contributed by atoms with Gasteiger partial charge >= 0.3 is 5.97 Å². The molecule has 0 unspecified atom stereocenters. The van der Waals surface area contributed by atoms with Gasteiger partial charge in [-0.2, -0.15) is 0 Å². The highest BCUT2D eigenvalue weighted by Gasteiger charge is 2.88. The van der Waals surface area contributed by atoms with Crippen LogP contribution in [-0.4, -0.2) is 64.2 Å². The molecule has 0 bridgehead atoms. The lowest BCUT2D eigenvalue weighted by atomic mass is 9.48. The third-order valence-electron chi connectivity index (χ3n) is 11.7. The molecule has 4 N–H and O–H groups in total. The number of esters is 1. The number of alkyl halides is 1. The molecule has 1 saturated heterocycles. The van der Waals surface area contributed by atoms with E-state index in [4.69, 9.17) is 15.2 Å². The summed E-state index contributed by atoms with van der Waals surface area (Å²) >= 11 is 0. The van der Waals surface area contributed by atoms with Crippen LogP contribution in [0.15, 0.2) is 78.4 Å². The van der Waals surface area contributed by atoms with Crippen molar-refractivity contribution in [2.75, 3.05) is 11.9 Å². The molecule has 246 valence electrons. The number of allylic oxidation sites excluding steroid dienone is 4. The fraction of sp³-hybridized carbons (Fsp3) is 0.459. The molecule has 7 rings (SSSR count). The van der Waals surface area contributed by atoms with Crippen molar-refractivity contribution in [3.05, 3.63) is 89.5 Å². The number of carbonyl (C=O) groups excluding carboxylic acids is 4. The van der Waals surface area contributed by atoms with Crippen LogP contribution in [0.2, 0.25) is 0 Å². The van der Waals surface area contributed by atoms with Crippen molar-refractivity contribution in [3.63, 3.8) is 0 Å². The first-order valence-electron chi connectivity index (χ1n) is 16.3. The second-order valence-electron chi connectivity index (χ2n) is 14.1. The van der Waals surface area contributed by atoms with Gasteiger partial charge in [0.25, 0.3) is 0 Å². The number of epoxide rings is 1. The average molecular weight is 643 g/mol. The SMILES string of the molecule is C[C@@H]1C[C@H]2[C@@H]3CCC4=CC(=O)C=C[C@]4(C)[C@@]3(F)[C@@H](O)C[C@@]23O[C@]13C(=O)COC(=O)c1ccc(NC(=O)[C@@H](N)Cc2ccccc2)cc1. The first kappa shape index (κ1) is 31.6. The molecule has 9 nitrogen and oxygen atoms in total. The maximum absolute atomic E-state index is 17.3. The van der Waals surface area contributed by atoms with Gasteiger partial charge in [-0.15, -0.1) is 0 Å². The van der Waals surface area contributed by atoms with Crippen LogP contribution < -0.4 is 11.1 Å². The summed E-state index contributed by atoms with van der Waals surface area (Å²) in [4.78, 5) is 51.3. The number of nitrogens with one attached hydrogen (secondary N) is 1. The van der Waals surface area contributed by atoms with Crippen LogP contribution in [0, 0.1) is 23.2 Å². The molecule has 9 atom stereocenters. The Morgan fingerprint density at radius 3 is 2.57 bits per heavy atom. The number of rotatable bonds is 8. The first-order valence-corrected chi connectivity index (χ1v) is 16.3. The number of benzene rings is 2. The summed E-state index contributed by atoms with van der Waals surface area (Å²) in [5.41, 5.74) is 2.93. The van der Waals surface area contributed by atoms with Crippen molar-refractivity contribution in [1.29, 1.82) is 0 Å². The summed E-state index contributed by atoms with van der Waals surface area (Å²) < 4.78 is 29.0. The minimum atomic E-state index is -2.01. The van der Waals surface area contributed by atoms with Crippen molar-refractivity contribution in [3.8, 4) is 0 Å². The molecule has 2 aromatic rings. The van der Waals surface area contributed by atoms with Crippen LogP contribution >= 0.6 is 0 Å². The molecule has 2 aromatic carbocycles. The maximum atomic E-state index is 17.3. The number of amides is 1. The van der Waals surface area contributed by atoms with Crippen molar-refractivity contribution in [1.82, 2.24) is 0 Å². The van der Waals surface area contributed by atoms with Crippen molar-refractivity contribution >= 4 is 29.1 Å². The van der Waals surface area contributed by atoms with Crippen LogP contribution in [0.3, 0.4) is 0 Å². The number of aliphatic hydroxyl groups excluding tert-OH is 1. The maximum Gasteiger partial charge on any atom is 0.338 e. The fourth-order valence-corrected chi connectivity index (χ4v) is 9.34. The number of Topliss-reactive ketones (excluding diaryl/α,β-unsaturated/α-hetero) is 1. The number of hydrogen-bond acceptors (Lipinski definition) is 8. The summed E-state index contributed by atoms with van der Waals surface area (Å²) in [6, 6.07) is 14.8. The lowest BCUT2D eigenvalue weighted by molar-refractivity contribution is -0.179. The molecule has 1 aliphatic heterocycles. The third-order valence-corrected chi connectivity index (χ3v) is 11.7. The minimum Gasteiger partial charge on any atom is -0.454 e. The predicted molar refractivity (Wildman–Crippen MR) is 170 cm³/mol. The number of anilines is 1. The van der Waals surface area contributed by atoms with Crippen molar-refractivity contribution in [2.24, 2.45) is 28.9 Å². The zero-order chi connectivity index (χ0) is 33.4. The Labute approximate surface area is 272 Å². The summed E-state index contributed by atoms with van der Waals surface area (Å²) in [7, 11) is 0. The Bertz CT molecular complexity index is 1710. The zero-order valence-corrected chi connectivity index (χ0v) is 26.4. The molecule has 10 heteroatoms. The number of ketones is 2. The van der Waals surface area contributed by atoms with Gasteiger partial charge in [0.2, 0.25) is 11.7 Å². The molecule has 4 aliphatic carbocycles. The van der Waals surface area contributed by atoms with Crippen LogP contribution in [0.1, 0.15) is 55.5 Å². The Morgan fingerprint density at radius 2 is 1.85 bits per heavy atom. The summed E-state index contributed by atoms with van der Waals surface area (Å²) in [5.74, 6) is -2.80. The normalized spacial score (nSPS) is 37.0. The molecule has 0 radical (unpaired) electrons. The van der Waals surface area contributed by atoms with Gasteiger partial charge in [0.1, 0.15) is 5.60 Å². The minimum absolute atomic E-state index is 0.0540. The van der Waals surface area contributed by atoms with E-state index in [0.717, 1.165) is 5.56 Å². The van der Waals surface area contributed by atoms with E-state index in [2.05, 4.69) is 5.32 Å². The molecule has 5 aliphatic rings. The highest BCUT2D eigenvalue weighted by molar-refractivity contribution is 6.01. The average Bonchev–Trinajstić information content (AvgIpc) is 3.66. The van der Waals surface area contributed by atoms with E-state index in [-0.39, 0.29) is 35.5 Å². The Hall–Kier alpha value is -3.99.